The van der Waals surface area contributed by atoms with E-state index in [4.69, 9.17) is 14.0 Å². The van der Waals surface area contributed by atoms with Gasteiger partial charge < -0.3 is 19.4 Å². The first kappa shape index (κ1) is 18.0. The van der Waals surface area contributed by atoms with Crippen LogP contribution in [0.5, 0.6) is 0 Å². The number of ether oxygens (including phenoxy) is 1. The van der Waals surface area contributed by atoms with Gasteiger partial charge in [0, 0.05) is 6.04 Å². The van der Waals surface area contributed by atoms with Crippen LogP contribution in [0.2, 0.25) is 0 Å². The van der Waals surface area contributed by atoms with Crippen molar-refractivity contribution in [2.45, 2.75) is 78.2 Å². The second-order valence-electron chi connectivity index (χ2n) is 7.53. The average Bonchev–Trinajstić information content (AvgIpc) is 2.43. The van der Waals surface area contributed by atoms with E-state index in [1.165, 1.54) is 0 Å². The van der Waals surface area contributed by atoms with Crippen LogP contribution < -0.4 is 5.32 Å². The maximum atomic E-state index is 11.8. The average molecular weight is 297 g/mol. The van der Waals surface area contributed by atoms with E-state index >= 15 is 0 Å². The molecule has 0 aliphatic carbocycles. The lowest BCUT2D eigenvalue weighted by Crippen LogP contribution is -2.42. The Morgan fingerprint density at radius 1 is 1.19 bits per heavy atom. The summed E-state index contributed by atoms with van der Waals surface area (Å²) in [6, 6.07) is -0.311. The van der Waals surface area contributed by atoms with Crippen LogP contribution in [0.3, 0.4) is 0 Å². The summed E-state index contributed by atoms with van der Waals surface area (Å²) < 4.78 is 17.1. The zero-order valence-corrected chi connectivity index (χ0v) is 14.5. The highest BCUT2D eigenvalue weighted by atomic mass is 16.7. The normalized spacial score (nSPS) is 21.8. The van der Waals surface area contributed by atoms with Crippen LogP contribution >= 0.6 is 0 Å². The number of hydrogen-bond donors (Lipinski definition) is 1. The molecule has 0 saturated carbocycles. The molecule has 1 heterocycles. The molecule has 1 amide bonds. The summed E-state index contributed by atoms with van der Waals surface area (Å²) in [5, 5.41) is 2.75. The minimum absolute atomic E-state index is 0.311. The van der Waals surface area contributed by atoms with Gasteiger partial charge in [0.15, 0.2) is 0 Å². The number of carbonyl (C=O) groups is 1. The first-order valence-electron chi connectivity index (χ1n) is 7.29. The lowest BCUT2D eigenvalue weighted by molar-refractivity contribution is 0.00578. The van der Waals surface area contributed by atoms with Crippen LogP contribution in [0.4, 0.5) is 4.79 Å². The molecule has 0 radical (unpaired) electrons. The summed E-state index contributed by atoms with van der Waals surface area (Å²) in [4.78, 5) is 11.8. The Kier molecular flexibility index (Phi) is 4.85. The van der Waals surface area contributed by atoms with Gasteiger partial charge in [-0.25, -0.2) is 4.79 Å². The van der Waals surface area contributed by atoms with Crippen molar-refractivity contribution in [2.75, 3.05) is 0 Å². The highest BCUT2D eigenvalue weighted by Crippen LogP contribution is 2.38. The number of nitrogens with one attached hydrogen (secondary N) is 1. The topological polar surface area (TPSA) is 56.8 Å². The maximum absolute atomic E-state index is 11.8. The summed E-state index contributed by atoms with van der Waals surface area (Å²) in [5.41, 5.74) is -0.715. The smallest absolute Gasteiger partial charge is 0.444 e. The Morgan fingerprint density at radius 2 is 1.62 bits per heavy atom. The van der Waals surface area contributed by atoms with Gasteiger partial charge in [0.1, 0.15) is 5.60 Å². The third-order valence-electron chi connectivity index (χ3n) is 3.85. The third-order valence-corrected chi connectivity index (χ3v) is 3.85. The molecule has 120 valence electrons. The SMILES string of the molecule is C=C(B1OC(C)(C)C(C)(C)O1)C(C)NC(=O)OC(C)(C)C. The molecule has 1 saturated heterocycles. The molecule has 21 heavy (non-hydrogen) atoms. The molecule has 0 bridgehead atoms. The zero-order chi connectivity index (χ0) is 16.6. The molecule has 1 N–H and O–H groups in total. The van der Waals surface area contributed by atoms with Crippen molar-refractivity contribution in [3.63, 3.8) is 0 Å². The number of hydrogen-bond acceptors (Lipinski definition) is 4. The monoisotopic (exact) mass is 297 g/mol. The molecular weight excluding hydrogens is 269 g/mol. The first-order valence-corrected chi connectivity index (χ1v) is 7.29. The fraction of sp³-hybridized carbons (Fsp3) is 0.800. The molecule has 6 heteroatoms. The van der Waals surface area contributed by atoms with Crippen molar-refractivity contribution >= 4 is 13.2 Å². The Labute approximate surface area is 128 Å². The molecule has 0 aromatic heterocycles. The molecule has 1 rings (SSSR count). The van der Waals surface area contributed by atoms with E-state index in [0.29, 0.717) is 5.47 Å². The van der Waals surface area contributed by atoms with Gasteiger partial charge >= 0.3 is 13.2 Å². The minimum atomic E-state index is -0.542. The molecule has 1 atom stereocenters. The second-order valence-corrected chi connectivity index (χ2v) is 7.53. The number of alkyl carbamates (subject to hydrolysis) is 1. The van der Waals surface area contributed by atoms with Crippen LogP contribution in [-0.4, -0.2) is 36.1 Å². The maximum Gasteiger partial charge on any atom is 0.492 e. The molecule has 1 aliphatic heterocycles. The van der Waals surface area contributed by atoms with Crippen molar-refractivity contribution in [2.24, 2.45) is 0 Å². The lowest BCUT2D eigenvalue weighted by Gasteiger charge is -2.32. The molecule has 0 aromatic rings. The number of rotatable bonds is 3. The summed E-state index contributed by atoms with van der Waals surface area (Å²) in [5.74, 6) is 0. The Balaban J connectivity index is 2.63. The van der Waals surface area contributed by atoms with E-state index in [1.54, 1.807) is 0 Å². The summed E-state index contributed by atoms with van der Waals surface area (Å²) in [6.07, 6.45) is -0.479. The first-order chi connectivity index (χ1) is 9.25. The van der Waals surface area contributed by atoms with Crippen molar-refractivity contribution in [3.8, 4) is 0 Å². The Morgan fingerprint density at radius 3 is 2.00 bits per heavy atom. The quantitative estimate of drug-likeness (QED) is 0.813. The van der Waals surface area contributed by atoms with Gasteiger partial charge in [-0.2, -0.15) is 0 Å². The lowest BCUT2D eigenvalue weighted by atomic mass is 9.75. The third kappa shape index (κ3) is 4.48. The van der Waals surface area contributed by atoms with Gasteiger partial charge in [0.2, 0.25) is 0 Å². The minimum Gasteiger partial charge on any atom is -0.444 e. The molecule has 0 spiro atoms. The van der Waals surface area contributed by atoms with E-state index in [9.17, 15) is 4.79 Å². The van der Waals surface area contributed by atoms with Crippen LogP contribution in [-0.2, 0) is 14.0 Å². The summed E-state index contributed by atoms with van der Waals surface area (Å²) >= 11 is 0. The van der Waals surface area contributed by atoms with Crippen molar-refractivity contribution in [1.29, 1.82) is 0 Å². The summed E-state index contributed by atoms with van der Waals surface area (Å²) in [6.45, 7) is 19.2. The second kappa shape index (κ2) is 5.65. The fourth-order valence-corrected chi connectivity index (χ4v) is 1.78. The molecule has 1 unspecified atom stereocenters. The van der Waals surface area contributed by atoms with Gasteiger partial charge in [0.05, 0.1) is 11.2 Å². The molecule has 0 aromatic carbocycles. The van der Waals surface area contributed by atoms with Gasteiger partial charge in [0.25, 0.3) is 0 Å². The van der Waals surface area contributed by atoms with Crippen molar-refractivity contribution in [1.82, 2.24) is 5.32 Å². The van der Waals surface area contributed by atoms with Gasteiger partial charge in [-0.1, -0.05) is 0 Å². The largest absolute Gasteiger partial charge is 0.492 e. The Bertz CT molecular complexity index is 410. The van der Waals surface area contributed by atoms with Crippen LogP contribution in [0.15, 0.2) is 12.1 Å². The number of carbonyl (C=O) groups excluding carboxylic acids is 1. The molecule has 5 nitrogen and oxygen atoms in total. The summed E-state index contributed by atoms with van der Waals surface area (Å²) in [7, 11) is -0.542. The molecular formula is C15H28BNO4. The van der Waals surface area contributed by atoms with E-state index in [2.05, 4.69) is 11.9 Å². The van der Waals surface area contributed by atoms with E-state index < -0.39 is 30.0 Å². The number of amides is 1. The van der Waals surface area contributed by atoms with Gasteiger partial charge in [-0.15, -0.1) is 6.58 Å². The van der Waals surface area contributed by atoms with Crippen molar-refractivity contribution < 1.29 is 18.8 Å². The van der Waals surface area contributed by atoms with Crippen LogP contribution in [0.25, 0.3) is 0 Å². The van der Waals surface area contributed by atoms with Crippen LogP contribution in [0.1, 0.15) is 55.4 Å². The van der Waals surface area contributed by atoms with Gasteiger partial charge in [-0.3, -0.25) is 0 Å². The van der Waals surface area contributed by atoms with Gasteiger partial charge in [-0.05, 0) is 60.9 Å². The molecule has 1 aliphatic rings. The predicted molar refractivity (Wildman–Crippen MR) is 84.1 cm³/mol. The highest BCUT2D eigenvalue weighted by molar-refractivity contribution is 6.54. The Hall–Kier alpha value is -1.01. The van der Waals surface area contributed by atoms with Crippen LogP contribution in [0, 0.1) is 0 Å². The zero-order valence-electron chi connectivity index (χ0n) is 14.5. The van der Waals surface area contributed by atoms with Crippen molar-refractivity contribution in [3.05, 3.63) is 12.1 Å². The predicted octanol–water partition coefficient (Wildman–Crippen LogP) is 3.09. The standard InChI is InChI=1S/C15H28BNO4/c1-10(11(2)17-12(18)19-13(3,4)5)16-20-14(6,7)15(8,9)21-16/h11H,1H2,2-9H3,(H,17,18). The van der Waals surface area contributed by atoms with E-state index in [1.807, 2.05) is 55.4 Å². The van der Waals surface area contributed by atoms with E-state index in [-0.39, 0.29) is 6.04 Å². The molecule has 1 fully saturated rings. The van der Waals surface area contributed by atoms with E-state index in [0.717, 1.165) is 0 Å². The fourth-order valence-electron chi connectivity index (χ4n) is 1.78. The highest BCUT2D eigenvalue weighted by Gasteiger charge is 2.52.